The third-order valence-corrected chi connectivity index (χ3v) is 7.13. The standard InChI is InChI=1S/C29H37NO4/c1-7-13-34-24-11-9-8-10-19(24)25-26-20(15-28(2,3)17-22(26)31)30(12-14-33-6)21-16-29(4,5)18-23(32)27(21)25/h7-11,25H,1,12-18H2,2-6H3. The van der Waals surface area contributed by atoms with Crippen LogP contribution in [0.2, 0.25) is 0 Å². The van der Waals surface area contributed by atoms with E-state index in [9.17, 15) is 9.59 Å². The normalized spacial score (nSPS) is 22.0. The fourth-order valence-corrected chi connectivity index (χ4v) is 5.81. The molecule has 0 radical (unpaired) electrons. The van der Waals surface area contributed by atoms with Crippen LogP contribution in [-0.4, -0.2) is 43.3 Å². The molecule has 34 heavy (non-hydrogen) atoms. The predicted octanol–water partition coefficient (Wildman–Crippen LogP) is 5.58. The van der Waals surface area contributed by atoms with Gasteiger partial charge in [0.15, 0.2) is 11.6 Å². The molecule has 1 heterocycles. The maximum Gasteiger partial charge on any atom is 0.162 e. The van der Waals surface area contributed by atoms with E-state index in [1.165, 1.54) is 0 Å². The lowest BCUT2D eigenvalue weighted by Gasteiger charge is -2.49. The van der Waals surface area contributed by atoms with Crippen LogP contribution in [-0.2, 0) is 14.3 Å². The molecule has 0 saturated carbocycles. The van der Waals surface area contributed by atoms with E-state index in [-0.39, 0.29) is 22.4 Å². The Hall–Kier alpha value is -2.66. The summed E-state index contributed by atoms with van der Waals surface area (Å²) < 4.78 is 11.5. The van der Waals surface area contributed by atoms with Gasteiger partial charge < -0.3 is 14.4 Å². The first kappa shape index (κ1) is 24.5. The van der Waals surface area contributed by atoms with Gasteiger partial charge >= 0.3 is 0 Å². The van der Waals surface area contributed by atoms with Gasteiger partial charge in [-0.1, -0.05) is 58.5 Å². The highest BCUT2D eigenvalue weighted by Crippen LogP contribution is 2.55. The Bertz CT molecular complexity index is 1020. The lowest BCUT2D eigenvalue weighted by molar-refractivity contribution is -0.119. The van der Waals surface area contributed by atoms with E-state index in [0.29, 0.717) is 38.3 Å². The maximum atomic E-state index is 13.8. The molecule has 182 valence electrons. The summed E-state index contributed by atoms with van der Waals surface area (Å²) in [5.74, 6) is 0.548. The average Bonchev–Trinajstić information content (AvgIpc) is 2.74. The number of para-hydroxylation sites is 1. The molecule has 2 aliphatic carbocycles. The number of hydrogen-bond donors (Lipinski definition) is 0. The number of carbonyl (C=O) groups excluding carboxylic acids is 2. The summed E-state index contributed by atoms with van der Waals surface area (Å²) in [5, 5.41) is 0. The molecule has 0 aromatic heterocycles. The van der Waals surface area contributed by atoms with Crippen LogP contribution in [0.3, 0.4) is 0 Å². The molecule has 0 spiro atoms. The van der Waals surface area contributed by atoms with Gasteiger partial charge in [-0.2, -0.15) is 0 Å². The molecule has 0 bridgehead atoms. The van der Waals surface area contributed by atoms with E-state index in [4.69, 9.17) is 9.47 Å². The molecule has 1 aromatic rings. The Morgan fingerprint density at radius 1 is 0.971 bits per heavy atom. The minimum Gasteiger partial charge on any atom is -0.489 e. The smallest absolute Gasteiger partial charge is 0.162 e. The van der Waals surface area contributed by atoms with E-state index in [1.54, 1.807) is 13.2 Å². The van der Waals surface area contributed by atoms with Crippen molar-refractivity contribution in [2.45, 2.75) is 59.3 Å². The lowest BCUT2D eigenvalue weighted by atomic mass is 9.63. The third kappa shape index (κ3) is 4.50. The van der Waals surface area contributed by atoms with Crippen molar-refractivity contribution < 1.29 is 19.1 Å². The van der Waals surface area contributed by atoms with Crippen LogP contribution in [0.15, 0.2) is 59.5 Å². The highest BCUT2D eigenvalue weighted by Gasteiger charge is 2.49. The van der Waals surface area contributed by atoms with Gasteiger partial charge in [-0.3, -0.25) is 9.59 Å². The Balaban J connectivity index is 1.98. The van der Waals surface area contributed by atoms with Crippen LogP contribution < -0.4 is 4.74 Å². The molecular weight excluding hydrogens is 426 g/mol. The second-order valence-electron chi connectivity index (χ2n) is 11.3. The van der Waals surface area contributed by atoms with Crippen LogP contribution in [0.4, 0.5) is 0 Å². The number of methoxy groups -OCH3 is 1. The van der Waals surface area contributed by atoms with Crippen molar-refractivity contribution in [3.63, 3.8) is 0 Å². The fraction of sp³-hybridized carbons (Fsp3) is 0.517. The SMILES string of the molecule is C=CCOc1ccccc1C1C2=C(CC(C)(C)CC2=O)N(CCOC)C2=C1C(=O)CC(C)(C)C2. The van der Waals surface area contributed by atoms with Crippen molar-refractivity contribution in [2.75, 3.05) is 26.9 Å². The first-order valence-corrected chi connectivity index (χ1v) is 12.2. The van der Waals surface area contributed by atoms with Crippen LogP contribution in [0.25, 0.3) is 0 Å². The molecule has 5 heteroatoms. The molecule has 1 aromatic carbocycles. The summed E-state index contributed by atoms with van der Waals surface area (Å²) in [6, 6.07) is 7.81. The van der Waals surface area contributed by atoms with Gasteiger partial charge in [0.05, 0.1) is 6.61 Å². The Kier molecular flexibility index (Phi) is 6.61. The predicted molar refractivity (Wildman–Crippen MR) is 134 cm³/mol. The van der Waals surface area contributed by atoms with Crippen LogP contribution >= 0.6 is 0 Å². The largest absolute Gasteiger partial charge is 0.489 e. The number of hydrogen-bond acceptors (Lipinski definition) is 5. The Morgan fingerprint density at radius 3 is 2.06 bits per heavy atom. The molecule has 3 aliphatic rings. The van der Waals surface area contributed by atoms with Crippen molar-refractivity contribution in [3.05, 3.63) is 65.0 Å². The van der Waals surface area contributed by atoms with Gasteiger partial charge in [0, 0.05) is 60.5 Å². The summed E-state index contributed by atoms with van der Waals surface area (Å²) in [7, 11) is 1.69. The summed E-state index contributed by atoms with van der Waals surface area (Å²) in [6.45, 7) is 13.9. The van der Waals surface area contributed by atoms with Crippen molar-refractivity contribution in [1.82, 2.24) is 4.90 Å². The molecular formula is C29H37NO4. The third-order valence-electron chi connectivity index (χ3n) is 7.13. The molecule has 0 N–H and O–H groups in total. The summed E-state index contributed by atoms with van der Waals surface area (Å²) in [4.78, 5) is 29.8. The fourth-order valence-electron chi connectivity index (χ4n) is 5.81. The molecule has 1 aliphatic heterocycles. The molecule has 0 unspecified atom stereocenters. The minimum absolute atomic E-state index is 0.126. The van der Waals surface area contributed by atoms with Gasteiger partial charge in [-0.25, -0.2) is 0 Å². The van der Waals surface area contributed by atoms with Crippen molar-refractivity contribution >= 4 is 11.6 Å². The first-order chi connectivity index (χ1) is 16.1. The monoisotopic (exact) mass is 463 g/mol. The van der Waals surface area contributed by atoms with Crippen LogP contribution in [0, 0.1) is 10.8 Å². The summed E-state index contributed by atoms with van der Waals surface area (Å²) in [5.41, 5.74) is 4.22. The van der Waals surface area contributed by atoms with Gasteiger partial charge in [0.25, 0.3) is 0 Å². The highest BCUT2D eigenvalue weighted by atomic mass is 16.5. The molecule has 0 saturated heterocycles. The zero-order valence-corrected chi connectivity index (χ0v) is 21.2. The zero-order valence-electron chi connectivity index (χ0n) is 21.2. The van der Waals surface area contributed by atoms with Gasteiger partial charge in [-0.05, 0) is 29.7 Å². The number of allylic oxidation sites excluding steroid dienone is 4. The number of Topliss-reactive ketones (excluding diaryl/α,β-unsaturated/α-hetero) is 2. The Morgan fingerprint density at radius 2 is 1.53 bits per heavy atom. The quantitative estimate of drug-likeness (QED) is 0.494. The summed E-state index contributed by atoms with van der Waals surface area (Å²) >= 11 is 0. The molecule has 0 atom stereocenters. The van der Waals surface area contributed by atoms with Crippen LogP contribution in [0.5, 0.6) is 5.75 Å². The van der Waals surface area contributed by atoms with Crippen molar-refractivity contribution in [1.29, 1.82) is 0 Å². The lowest BCUT2D eigenvalue weighted by Crippen LogP contribution is -2.45. The van der Waals surface area contributed by atoms with E-state index in [0.717, 1.165) is 40.9 Å². The second-order valence-corrected chi connectivity index (χ2v) is 11.3. The molecule has 5 nitrogen and oxygen atoms in total. The number of carbonyl (C=O) groups is 2. The van der Waals surface area contributed by atoms with Gasteiger partial charge in [0.1, 0.15) is 12.4 Å². The molecule has 0 amide bonds. The van der Waals surface area contributed by atoms with Crippen molar-refractivity contribution in [3.8, 4) is 5.75 Å². The van der Waals surface area contributed by atoms with E-state index in [1.807, 2.05) is 24.3 Å². The van der Waals surface area contributed by atoms with Gasteiger partial charge in [0.2, 0.25) is 0 Å². The number of nitrogens with zero attached hydrogens (tertiary/aromatic N) is 1. The van der Waals surface area contributed by atoms with Crippen LogP contribution in [0.1, 0.15) is 64.9 Å². The van der Waals surface area contributed by atoms with E-state index in [2.05, 4.69) is 39.2 Å². The average molecular weight is 464 g/mol. The van der Waals surface area contributed by atoms with Crippen molar-refractivity contribution in [2.24, 2.45) is 10.8 Å². The minimum atomic E-state index is -0.406. The first-order valence-electron chi connectivity index (χ1n) is 12.2. The summed E-state index contributed by atoms with van der Waals surface area (Å²) in [6.07, 6.45) is 4.23. The van der Waals surface area contributed by atoms with Gasteiger partial charge in [-0.15, -0.1) is 0 Å². The highest BCUT2D eigenvalue weighted by molar-refractivity contribution is 6.07. The maximum absolute atomic E-state index is 13.8. The van der Waals surface area contributed by atoms with E-state index < -0.39 is 5.92 Å². The Labute approximate surface area is 203 Å². The number of rotatable bonds is 7. The second kappa shape index (κ2) is 9.18. The number of benzene rings is 1. The molecule has 0 fully saturated rings. The number of ether oxygens (including phenoxy) is 2. The topological polar surface area (TPSA) is 55.8 Å². The van der Waals surface area contributed by atoms with E-state index >= 15 is 0 Å². The zero-order chi connectivity index (χ0) is 24.7. The molecule has 4 rings (SSSR count). The number of ketones is 2.